The van der Waals surface area contributed by atoms with Gasteiger partial charge in [0.2, 0.25) is 0 Å². The molecule has 0 amide bonds. The summed E-state index contributed by atoms with van der Waals surface area (Å²) in [4.78, 5) is 9.95. The Labute approximate surface area is 215 Å². The molecule has 202 valence electrons. The van der Waals surface area contributed by atoms with E-state index in [0.717, 1.165) is 50.7 Å². The van der Waals surface area contributed by atoms with Crippen LogP contribution in [0.3, 0.4) is 0 Å². The molecule has 38 heavy (non-hydrogen) atoms. The lowest BCUT2D eigenvalue weighted by atomic mass is 9.98. The Morgan fingerprint density at radius 1 is 0.711 bits per heavy atom. The van der Waals surface area contributed by atoms with Crippen molar-refractivity contribution in [3.05, 3.63) is 58.8 Å². The molecule has 2 aliphatic rings. The van der Waals surface area contributed by atoms with Gasteiger partial charge in [-0.25, -0.2) is 0 Å². The summed E-state index contributed by atoms with van der Waals surface area (Å²) < 4.78 is 83.4. The largest absolute Gasteiger partial charge is 0.431 e. The summed E-state index contributed by atoms with van der Waals surface area (Å²) in [5, 5.41) is 0.956. The molecule has 6 rings (SSSR count). The lowest BCUT2D eigenvalue weighted by Crippen LogP contribution is -2.38. The smallest absolute Gasteiger partial charge is 0.354 e. The summed E-state index contributed by atoms with van der Waals surface area (Å²) >= 11 is 0. The third-order valence-electron chi connectivity index (χ3n) is 7.98. The lowest BCUT2D eigenvalue weighted by Gasteiger charge is -2.30. The van der Waals surface area contributed by atoms with Gasteiger partial charge in [0, 0.05) is 35.1 Å². The second-order valence-electron chi connectivity index (χ2n) is 10.3. The molecular weight excluding hydrogens is 506 g/mol. The maximum absolute atomic E-state index is 13.9. The molecule has 0 atom stereocenters. The minimum atomic E-state index is -4.54. The average Bonchev–Trinajstić information content (AvgIpc) is 3.34. The zero-order valence-corrected chi connectivity index (χ0v) is 20.7. The molecule has 0 radical (unpaired) electrons. The third kappa shape index (κ3) is 4.58. The van der Waals surface area contributed by atoms with Crippen LogP contribution in [0.2, 0.25) is 0 Å². The van der Waals surface area contributed by atoms with Crippen molar-refractivity contribution in [1.82, 2.24) is 19.8 Å². The third-order valence-corrected chi connectivity index (χ3v) is 7.98. The number of para-hydroxylation sites is 1. The second kappa shape index (κ2) is 9.34. The molecule has 2 N–H and O–H groups in total. The maximum Gasteiger partial charge on any atom is 0.431 e. The number of H-pyrrole nitrogens is 2. The van der Waals surface area contributed by atoms with Crippen LogP contribution < -0.4 is 0 Å². The average molecular weight is 535 g/mol. The van der Waals surface area contributed by atoms with E-state index < -0.39 is 23.6 Å². The summed E-state index contributed by atoms with van der Waals surface area (Å²) in [6, 6.07) is 9.13. The Kier molecular flexibility index (Phi) is 6.22. The van der Waals surface area contributed by atoms with Gasteiger partial charge in [0.1, 0.15) is 5.69 Å². The van der Waals surface area contributed by atoms with Crippen molar-refractivity contribution in [3.8, 4) is 11.3 Å². The van der Waals surface area contributed by atoms with Crippen molar-refractivity contribution in [2.24, 2.45) is 0 Å². The van der Waals surface area contributed by atoms with E-state index in [4.69, 9.17) is 0 Å². The Morgan fingerprint density at radius 2 is 1.37 bits per heavy atom. The Hall–Kier alpha value is -2.98. The van der Waals surface area contributed by atoms with E-state index >= 15 is 0 Å². The van der Waals surface area contributed by atoms with Crippen LogP contribution in [-0.4, -0.2) is 59.0 Å². The highest BCUT2D eigenvalue weighted by Gasteiger charge is 2.37. The molecule has 4 nitrogen and oxygen atoms in total. The Morgan fingerprint density at radius 3 is 1.95 bits per heavy atom. The monoisotopic (exact) mass is 534 g/mol. The van der Waals surface area contributed by atoms with Crippen molar-refractivity contribution < 1.29 is 26.3 Å². The summed E-state index contributed by atoms with van der Waals surface area (Å²) in [6.07, 6.45) is -6.14. The number of fused-ring (bicyclic) bond motifs is 2. The standard InChI is InChI=1S/C28H28F6N4/c29-27(30,31)22-5-1-4-18-19(8-14-37-10-2-11-37)24(36-25(18)22)17-6-7-23-21(16-17)20(9-15-38-12-3-13-38)26(35-23)28(32,33)34/h1,4-7,16,35-36H,2-3,8-15H2. The minimum Gasteiger partial charge on any atom is -0.354 e. The number of rotatable bonds is 7. The van der Waals surface area contributed by atoms with Gasteiger partial charge < -0.3 is 19.8 Å². The van der Waals surface area contributed by atoms with E-state index in [0.29, 0.717) is 47.1 Å². The summed E-state index contributed by atoms with van der Waals surface area (Å²) in [5.41, 5.74) is 0.955. The van der Waals surface area contributed by atoms with Crippen LogP contribution in [0.25, 0.3) is 33.1 Å². The molecule has 4 heterocycles. The molecule has 0 aliphatic carbocycles. The molecule has 0 bridgehead atoms. The first-order chi connectivity index (χ1) is 18.1. The maximum atomic E-state index is 13.9. The number of benzene rings is 2. The number of nitrogens with zero attached hydrogens (tertiary/aromatic N) is 2. The molecule has 0 unspecified atom stereocenters. The van der Waals surface area contributed by atoms with Gasteiger partial charge in [-0.05, 0) is 86.8 Å². The van der Waals surface area contributed by atoms with E-state index in [1.54, 1.807) is 24.3 Å². The zero-order chi connectivity index (χ0) is 26.7. The number of aromatic amines is 2. The van der Waals surface area contributed by atoms with Crippen LogP contribution in [-0.2, 0) is 25.2 Å². The molecular formula is C28H28F6N4. The van der Waals surface area contributed by atoms with Gasteiger partial charge >= 0.3 is 12.4 Å². The normalized spacial score (nSPS) is 17.3. The first-order valence-electron chi connectivity index (χ1n) is 13.0. The zero-order valence-electron chi connectivity index (χ0n) is 20.7. The topological polar surface area (TPSA) is 38.1 Å². The fourth-order valence-corrected chi connectivity index (χ4v) is 5.67. The SMILES string of the molecule is FC(F)(F)c1[nH]c2ccc(-c3[nH]c4c(C(F)(F)F)cccc4c3CCN3CCC3)cc2c1CCN1CCC1. The van der Waals surface area contributed by atoms with Crippen molar-refractivity contribution >= 4 is 21.8 Å². The Bertz CT molecular complexity index is 1470. The number of likely N-dealkylation sites (tertiary alicyclic amines) is 2. The highest BCUT2D eigenvalue weighted by molar-refractivity contribution is 5.96. The van der Waals surface area contributed by atoms with E-state index in [1.807, 2.05) is 0 Å². The Balaban J connectivity index is 1.48. The number of nitrogens with one attached hydrogen (secondary N) is 2. The van der Waals surface area contributed by atoms with Crippen molar-refractivity contribution in [2.75, 3.05) is 39.3 Å². The summed E-state index contributed by atoms with van der Waals surface area (Å²) in [7, 11) is 0. The van der Waals surface area contributed by atoms with Crippen LogP contribution in [0.15, 0.2) is 36.4 Å². The predicted octanol–water partition coefficient (Wildman–Crippen LogP) is 6.85. The van der Waals surface area contributed by atoms with E-state index in [-0.39, 0.29) is 17.5 Å². The van der Waals surface area contributed by atoms with Crippen LogP contribution in [0.4, 0.5) is 26.3 Å². The van der Waals surface area contributed by atoms with Crippen LogP contribution in [0, 0.1) is 0 Å². The molecule has 2 aromatic heterocycles. The van der Waals surface area contributed by atoms with Gasteiger partial charge in [-0.2, -0.15) is 26.3 Å². The van der Waals surface area contributed by atoms with E-state index in [9.17, 15) is 26.3 Å². The second-order valence-corrected chi connectivity index (χ2v) is 10.3. The first-order valence-corrected chi connectivity index (χ1v) is 13.0. The van der Waals surface area contributed by atoms with Crippen LogP contribution in [0.5, 0.6) is 0 Å². The van der Waals surface area contributed by atoms with Gasteiger partial charge in [-0.1, -0.05) is 18.2 Å². The lowest BCUT2D eigenvalue weighted by molar-refractivity contribution is -0.141. The highest BCUT2D eigenvalue weighted by Crippen LogP contribution is 2.41. The number of halogens is 6. The van der Waals surface area contributed by atoms with Gasteiger partial charge in [0.05, 0.1) is 11.1 Å². The molecule has 2 fully saturated rings. The molecule has 10 heteroatoms. The number of hydrogen-bond donors (Lipinski definition) is 2. The van der Waals surface area contributed by atoms with Gasteiger partial charge in [-0.3, -0.25) is 0 Å². The number of hydrogen-bond acceptors (Lipinski definition) is 2. The molecule has 2 aliphatic heterocycles. The molecule has 2 aromatic carbocycles. The molecule has 4 aromatic rings. The van der Waals surface area contributed by atoms with Gasteiger partial charge in [0.25, 0.3) is 0 Å². The molecule has 2 saturated heterocycles. The highest BCUT2D eigenvalue weighted by atomic mass is 19.4. The fourth-order valence-electron chi connectivity index (χ4n) is 5.67. The summed E-state index contributed by atoms with van der Waals surface area (Å²) in [5.74, 6) is 0. The predicted molar refractivity (Wildman–Crippen MR) is 135 cm³/mol. The van der Waals surface area contributed by atoms with Crippen LogP contribution >= 0.6 is 0 Å². The van der Waals surface area contributed by atoms with Crippen molar-refractivity contribution in [1.29, 1.82) is 0 Å². The first kappa shape index (κ1) is 25.3. The number of alkyl halides is 6. The van der Waals surface area contributed by atoms with Crippen molar-refractivity contribution in [3.63, 3.8) is 0 Å². The fraction of sp³-hybridized carbons (Fsp3) is 0.429. The van der Waals surface area contributed by atoms with Gasteiger partial charge in [-0.15, -0.1) is 0 Å². The number of aromatic nitrogens is 2. The minimum absolute atomic E-state index is 0.0109. The molecule has 0 saturated carbocycles. The van der Waals surface area contributed by atoms with E-state index in [2.05, 4.69) is 19.8 Å². The summed E-state index contributed by atoms with van der Waals surface area (Å²) in [6.45, 7) is 4.92. The van der Waals surface area contributed by atoms with Crippen molar-refractivity contribution in [2.45, 2.75) is 38.0 Å². The quantitative estimate of drug-likeness (QED) is 0.255. The van der Waals surface area contributed by atoms with Crippen LogP contribution in [0.1, 0.15) is 35.2 Å². The van der Waals surface area contributed by atoms with Gasteiger partial charge in [0.15, 0.2) is 0 Å². The van der Waals surface area contributed by atoms with E-state index in [1.165, 1.54) is 6.07 Å². The molecule has 0 spiro atoms.